The summed E-state index contributed by atoms with van der Waals surface area (Å²) in [5, 5.41) is 9.86. The number of carbonyl (C=O) groups is 2. The number of rotatable bonds is 8. The van der Waals surface area contributed by atoms with Gasteiger partial charge in [-0.05, 0) is 37.2 Å². The molecule has 0 radical (unpaired) electrons. The van der Waals surface area contributed by atoms with E-state index in [2.05, 4.69) is 19.9 Å². The first kappa shape index (κ1) is 21.9. The molecule has 1 aromatic carbocycles. The van der Waals surface area contributed by atoms with E-state index in [-0.39, 0.29) is 17.7 Å². The van der Waals surface area contributed by atoms with Crippen molar-refractivity contribution in [2.75, 3.05) is 13.1 Å². The van der Waals surface area contributed by atoms with Gasteiger partial charge >= 0.3 is 0 Å². The monoisotopic (exact) mass is 383 g/mol. The van der Waals surface area contributed by atoms with Gasteiger partial charge in [-0.3, -0.25) is 9.59 Å². The molecule has 2 N–H and O–H groups in total. The predicted octanol–water partition coefficient (Wildman–Crippen LogP) is 3.63. The Kier molecular flexibility index (Phi) is 7.62. The van der Waals surface area contributed by atoms with Crippen LogP contribution in [0.2, 0.25) is 0 Å². The van der Waals surface area contributed by atoms with Crippen molar-refractivity contribution in [2.24, 2.45) is 23.5 Å². The van der Waals surface area contributed by atoms with Crippen LogP contribution in [0.1, 0.15) is 58.4 Å². The van der Waals surface area contributed by atoms with Gasteiger partial charge in [-0.25, -0.2) is 0 Å². The van der Waals surface area contributed by atoms with E-state index in [1.54, 1.807) is 0 Å². The second-order valence-electron chi connectivity index (χ2n) is 8.42. The minimum absolute atomic E-state index is 0.0190. The third kappa shape index (κ3) is 4.92. The normalized spacial score (nSPS) is 18.3. The third-order valence-electron chi connectivity index (χ3n) is 5.96. The largest absolute Gasteiger partial charge is 0.369 e. The molecule has 152 valence electrons. The average Bonchev–Trinajstić information content (AvgIpc) is 2.70. The van der Waals surface area contributed by atoms with E-state index >= 15 is 0 Å². The molecular weight excluding hydrogens is 350 g/mol. The van der Waals surface area contributed by atoms with Gasteiger partial charge in [0.1, 0.15) is 0 Å². The summed E-state index contributed by atoms with van der Waals surface area (Å²) in [4.78, 5) is 27.2. The molecule has 2 unspecified atom stereocenters. The van der Waals surface area contributed by atoms with Gasteiger partial charge in [0.2, 0.25) is 11.8 Å². The summed E-state index contributed by atoms with van der Waals surface area (Å²) >= 11 is 0. The van der Waals surface area contributed by atoms with Crippen molar-refractivity contribution >= 4 is 11.8 Å². The molecule has 5 heteroatoms. The smallest absolute Gasteiger partial charge is 0.226 e. The quantitative estimate of drug-likeness (QED) is 0.743. The zero-order chi connectivity index (χ0) is 20.7. The SMILES string of the molecule is CCCC(C(N)=O)C(CC(C)C)C(=O)N1CCC(C#N)(c2ccccc2)CC1. The Bertz CT molecular complexity index is 700. The van der Waals surface area contributed by atoms with Crippen molar-refractivity contribution < 1.29 is 9.59 Å². The first-order chi connectivity index (χ1) is 13.3. The van der Waals surface area contributed by atoms with Crippen molar-refractivity contribution in [1.29, 1.82) is 5.26 Å². The molecule has 0 saturated carbocycles. The van der Waals surface area contributed by atoms with Crippen LogP contribution in [-0.2, 0) is 15.0 Å². The minimum Gasteiger partial charge on any atom is -0.369 e. The second kappa shape index (κ2) is 9.73. The second-order valence-corrected chi connectivity index (χ2v) is 8.42. The predicted molar refractivity (Wildman–Crippen MR) is 110 cm³/mol. The maximum Gasteiger partial charge on any atom is 0.226 e. The highest BCUT2D eigenvalue weighted by Crippen LogP contribution is 2.36. The molecule has 1 saturated heterocycles. The third-order valence-corrected chi connectivity index (χ3v) is 5.96. The van der Waals surface area contributed by atoms with Crippen molar-refractivity contribution in [1.82, 2.24) is 4.90 Å². The van der Waals surface area contributed by atoms with Crippen LogP contribution in [0.25, 0.3) is 0 Å². The van der Waals surface area contributed by atoms with Gasteiger partial charge in [0, 0.05) is 24.9 Å². The summed E-state index contributed by atoms with van der Waals surface area (Å²) < 4.78 is 0. The molecule has 1 fully saturated rings. The lowest BCUT2D eigenvalue weighted by Gasteiger charge is -2.40. The number of nitrogens with zero attached hydrogens (tertiary/aromatic N) is 2. The number of nitrogens with two attached hydrogens (primary N) is 1. The minimum atomic E-state index is -0.544. The maximum absolute atomic E-state index is 13.3. The highest BCUT2D eigenvalue weighted by atomic mass is 16.2. The number of benzene rings is 1. The van der Waals surface area contributed by atoms with Crippen LogP contribution in [-0.4, -0.2) is 29.8 Å². The summed E-state index contributed by atoms with van der Waals surface area (Å²) in [5.74, 6) is -0.848. The standard InChI is InChI=1S/C23H33N3O2/c1-4-8-19(21(25)27)20(15-17(2)3)22(28)26-13-11-23(16-24,12-14-26)18-9-6-5-7-10-18/h5-7,9-10,17,19-20H,4,8,11-15H2,1-3H3,(H2,25,27). The molecule has 0 bridgehead atoms. The van der Waals surface area contributed by atoms with E-state index in [4.69, 9.17) is 5.73 Å². The molecule has 2 rings (SSSR count). The van der Waals surface area contributed by atoms with Gasteiger partial charge in [0.25, 0.3) is 0 Å². The fraction of sp³-hybridized carbons (Fsp3) is 0.609. The molecule has 0 aliphatic carbocycles. The number of carbonyl (C=O) groups excluding carboxylic acids is 2. The first-order valence-corrected chi connectivity index (χ1v) is 10.4. The Morgan fingerprint density at radius 3 is 2.25 bits per heavy atom. The van der Waals surface area contributed by atoms with E-state index in [9.17, 15) is 14.9 Å². The Morgan fingerprint density at radius 1 is 1.18 bits per heavy atom. The van der Waals surface area contributed by atoms with E-state index in [0.29, 0.717) is 44.7 Å². The lowest BCUT2D eigenvalue weighted by atomic mass is 9.73. The van der Waals surface area contributed by atoms with Crippen molar-refractivity contribution in [2.45, 2.75) is 58.3 Å². The number of hydrogen-bond donors (Lipinski definition) is 1. The molecule has 1 aliphatic heterocycles. The number of piperidine rings is 1. The van der Waals surface area contributed by atoms with E-state index in [0.717, 1.165) is 12.0 Å². The molecule has 1 heterocycles. The van der Waals surface area contributed by atoms with Gasteiger partial charge in [-0.15, -0.1) is 0 Å². The molecule has 0 spiro atoms. The lowest BCUT2D eigenvalue weighted by Crippen LogP contribution is -2.49. The number of hydrogen-bond acceptors (Lipinski definition) is 3. The van der Waals surface area contributed by atoms with E-state index < -0.39 is 11.3 Å². The van der Waals surface area contributed by atoms with Crippen molar-refractivity contribution in [3.05, 3.63) is 35.9 Å². The van der Waals surface area contributed by atoms with E-state index in [1.807, 2.05) is 42.2 Å². The number of amides is 2. The van der Waals surface area contributed by atoms with Crippen LogP contribution < -0.4 is 5.73 Å². The highest BCUT2D eigenvalue weighted by molar-refractivity contribution is 5.87. The Balaban J connectivity index is 2.17. The fourth-order valence-electron chi connectivity index (χ4n) is 4.36. The van der Waals surface area contributed by atoms with Gasteiger partial charge in [0.05, 0.1) is 11.5 Å². The van der Waals surface area contributed by atoms with Crippen LogP contribution in [0.5, 0.6) is 0 Å². The Morgan fingerprint density at radius 2 is 1.79 bits per heavy atom. The molecule has 1 aliphatic rings. The number of nitriles is 1. The van der Waals surface area contributed by atoms with Gasteiger partial charge in [0.15, 0.2) is 0 Å². The molecule has 1 aromatic rings. The van der Waals surface area contributed by atoms with Crippen molar-refractivity contribution in [3.8, 4) is 6.07 Å². The highest BCUT2D eigenvalue weighted by Gasteiger charge is 2.41. The molecule has 5 nitrogen and oxygen atoms in total. The average molecular weight is 384 g/mol. The first-order valence-electron chi connectivity index (χ1n) is 10.4. The molecule has 2 amide bonds. The Hall–Kier alpha value is -2.35. The summed E-state index contributed by atoms with van der Waals surface area (Å²) in [6.45, 7) is 7.21. The van der Waals surface area contributed by atoms with Gasteiger partial charge in [-0.2, -0.15) is 5.26 Å². The fourth-order valence-corrected chi connectivity index (χ4v) is 4.36. The molecule has 0 aromatic heterocycles. The molecular formula is C23H33N3O2. The zero-order valence-electron chi connectivity index (χ0n) is 17.4. The molecule has 28 heavy (non-hydrogen) atoms. The summed E-state index contributed by atoms with van der Waals surface area (Å²) in [6, 6.07) is 12.3. The summed E-state index contributed by atoms with van der Waals surface area (Å²) in [7, 11) is 0. The van der Waals surface area contributed by atoms with Crippen LogP contribution in [0.15, 0.2) is 30.3 Å². The summed E-state index contributed by atoms with van der Waals surface area (Å²) in [5.41, 5.74) is 6.13. The van der Waals surface area contributed by atoms with Crippen LogP contribution in [0, 0.1) is 29.1 Å². The van der Waals surface area contributed by atoms with Crippen LogP contribution in [0.3, 0.4) is 0 Å². The van der Waals surface area contributed by atoms with Crippen LogP contribution >= 0.6 is 0 Å². The van der Waals surface area contributed by atoms with E-state index in [1.165, 1.54) is 0 Å². The Labute approximate surface area is 168 Å². The van der Waals surface area contributed by atoms with Gasteiger partial charge < -0.3 is 10.6 Å². The molecule has 2 atom stereocenters. The number of primary amides is 1. The van der Waals surface area contributed by atoms with Crippen LogP contribution in [0.4, 0.5) is 0 Å². The topological polar surface area (TPSA) is 87.2 Å². The van der Waals surface area contributed by atoms with Gasteiger partial charge in [-0.1, -0.05) is 57.5 Å². The maximum atomic E-state index is 13.3. The van der Waals surface area contributed by atoms with Crippen molar-refractivity contribution in [3.63, 3.8) is 0 Å². The lowest BCUT2D eigenvalue weighted by molar-refractivity contribution is -0.143. The summed E-state index contributed by atoms with van der Waals surface area (Å²) in [6.07, 6.45) is 3.34. The number of likely N-dealkylation sites (tertiary alicyclic amines) is 1. The zero-order valence-corrected chi connectivity index (χ0v) is 17.4.